The van der Waals surface area contributed by atoms with Gasteiger partial charge in [-0.05, 0) is 47.2 Å². The Kier molecular flexibility index (Phi) is 6.91. The van der Waals surface area contributed by atoms with Crippen LogP contribution < -0.4 is 4.74 Å². The standard InChI is InChI=1S/C24H19F6N5O2/c1-22(27,23(36,12-35-14-32-33-34-35)19-8-5-17(25)10-20(19)26)21-9-4-16(11-31-21)15-2-6-18(7-3-15)37-13-24(28,29)30/h2-11,14,36H,12-13H2,1H3/t22?,23-/m1/s1. The van der Waals surface area contributed by atoms with Gasteiger partial charge in [-0.25, -0.2) is 17.9 Å². The minimum atomic E-state index is -4.47. The van der Waals surface area contributed by atoms with Crippen LogP contribution in [-0.4, -0.2) is 43.1 Å². The van der Waals surface area contributed by atoms with Gasteiger partial charge in [0.2, 0.25) is 0 Å². The largest absolute Gasteiger partial charge is 0.484 e. The van der Waals surface area contributed by atoms with E-state index in [-0.39, 0.29) is 11.4 Å². The summed E-state index contributed by atoms with van der Waals surface area (Å²) >= 11 is 0. The predicted molar refractivity (Wildman–Crippen MR) is 118 cm³/mol. The Bertz CT molecular complexity index is 1350. The van der Waals surface area contributed by atoms with Crippen LogP contribution in [0.25, 0.3) is 11.1 Å². The lowest BCUT2D eigenvalue weighted by molar-refractivity contribution is -0.153. The Morgan fingerprint density at radius 1 is 0.946 bits per heavy atom. The van der Waals surface area contributed by atoms with E-state index >= 15 is 4.39 Å². The molecule has 194 valence electrons. The van der Waals surface area contributed by atoms with Crippen LogP contribution in [0.4, 0.5) is 26.3 Å². The smallest absolute Gasteiger partial charge is 0.422 e. The van der Waals surface area contributed by atoms with E-state index in [0.717, 1.165) is 30.1 Å². The lowest BCUT2D eigenvalue weighted by atomic mass is 9.77. The summed E-state index contributed by atoms with van der Waals surface area (Å²) in [6, 6.07) is 10.8. The first-order chi connectivity index (χ1) is 17.4. The second-order valence-electron chi connectivity index (χ2n) is 8.36. The molecule has 4 aromatic rings. The van der Waals surface area contributed by atoms with Gasteiger partial charge in [0, 0.05) is 23.4 Å². The van der Waals surface area contributed by atoms with E-state index in [2.05, 4.69) is 25.2 Å². The highest BCUT2D eigenvalue weighted by atomic mass is 19.4. The molecule has 0 aliphatic heterocycles. The molecule has 0 aliphatic carbocycles. The number of halogens is 6. The Morgan fingerprint density at radius 3 is 2.22 bits per heavy atom. The van der Waals surface area contributed by atoms with Crippen LogP contribution in [0.5, 0.6) is 5.75 Å². The first-order valence-corrected chi connectivity index (χ1v) is 10.7. The number of alkyl halides is 4. The molecule has 0 bridgehead atoms. The normalized spacial score (nSPS) is 15.1. The summed E-state index contributed by atoms with van der Waals surface area (Å²) in [4.78, 5) is 4.11. The monoisotopic (exact) mass is 523 g/mol. The molecule has 2 atom stereocenters. The molecule has 4 rings (SSSR count). The Hall–Kier alpha value is -4.00. The van der Waals surface area contributed by atoms with Crippen LogP contribution in [-0.2, 0) is 17.8 Å². The third-order valence-electron chi connectivity index (χ3n) is 5.77. The van der Waals surface area contributed by atoms with Crippen LogP contribution in [0.2, 0.25) is 0 Å². The zero-order chi connectivity index (χ0) is 26.8. The van der Waals surface area contributed by atoms with Crippen molar-refractivity contribution in [1.82, 2.24) is 25.2 Å². The average molecular weight is 523 g/mol. The minimum absolute atomic E-state index is 0.0102. The number of hydrogen-bond acceptors (Lipinski definition) is 6. The first kappa shape index (κ1) is 26.1. The summed E-state index contributed by atoms with van der Waals surface area (Å²) in [5.74, 6) is -2.08. The first-order valence-electron chi connectivity index (χ1n) is 10.7. The highest BCUT2D eigenvalue weighted by Crippen LogP contribution is 2.45. The maximum absolute atomic E-state index is 16.4. The van der Waals surface area contributed by atoms with Crippen molar-refractivity contribution in [2.24, 2.45) is 0 Å². The molecule has 0 radical (unpaired) electrons. The molecule has 0 saturated heterocycles. The van der Waals surface area contributed by atoms with Crippen LogP contribution in [0.15, 0.2) is 67.1 Å². The number of hydrogen-bond donors (Lipinski definition) is 1. The van der Waals surface area contributed by atoms with E-state index < -0.39 is 47.8 Å². The quantitative estimate of drug-likeness (QED) is 0.336. The van der Waals surface area contributed by atoms with Gasteiger partial charge in [0.15, 0.2) is 17.9 Å². The molecule has 2 aromatic carbocycles. The van der Waals surface area contributed by atoms with E-state index in [9.17, 15) is 27.1 Å². The predicted octanol–water partition coefficient (Wildman–Crippen LogP) is 4.73. The van der Waals surface area contributed by atoms with E-state index in [4.69, 9.17) is 0 Å². The van der Waals surface area contributed by atoms with Gasteiger partial charge >= 0.3 is 6.18 Å². The van der Waals surface area contributed by atoms with Gasteiger partial charge in [0.1, 0.15) is 23.7 Å². The molecule has 2 aromatic heterocycles. The molecule has 7 nitrogen and oxygen atoms in total. The van der Waals surface area contributed by atoms with Gasteiger partial charge in [-0.2, -0.15) is 13.2 Å². The van der Waals surface area contributed by atoms with Gasteiger partial charge in [-0.3, -0.25) is 4.98 Å². The summed E-state index contributed by atoms with van der Waals surface area (Å²) in [5, 5.41) is 22.0. The van der Waals surface area contributed by atoms with Crippen molar-refractivity contribution in [1.29, 1.82) is 0 Å². The molecule has 0 saturated carbocycles. The number of aromatic nitrogens is 5. The van der Waals surface area contributed by atoms with Crippen molar-refractivity contribution in [3.8, 4) is 16.9 Å². The SMILES string of the molecule is CC(F)(c1ccc(-c2ccc(OCC(F)(F)F)cc2)cn1)[C@@](O)(Cn1cnnn1)c1ccc(F)cc1F. The molecular formula is C24H19F6N5O2. The zero-order valence-electron chi connectivity index (χ0n) is 19.1. The zero-order valence-corrected chi connectivity index (χ0v) is 19.1. The fourth-order valence-corrected chi connectivity index (χ4v) is 3.76. The molecule has 2 heterocycles. The number of tetrazole rings is 1. The lowest BCUT2D eigenvalue weighted by Crippen LogP contribution is -2.48. The van der Waals surface area contributed by atoms with Gasteiger partial charge < -0.3 is 9.84 Å². The number of nitrogens with zero attached hydrogens (tertiary/aromatic N) is 5. The van der Waals surface area contributed by atoms with Gasteiger partial charge in [-0.1, -0.05) is 24.3 Å². The Labute approximate surface area is 206 Å². The molecule has 0 spiro atoms. The van der Waals surface area contributed by atoms with Crippen LogP contribution in [0.1, 0.15) is 18.2 Å². The summed E-state index contributed by atoms with van der Waals surface area (Å²) < 4.78 is 87.4. The summed E-state index contributed by atoms with van der Waals surface area (Å²) in [6.45, 7) is -1.06. The minimum Gasteiger partial charge on any atom is -0.484 e. The fourth-order valence-electron chi connectivity index (χ4n) is 3.76. The van der Waals surface area contributed by atoms with Crippen LogP contribution >= 0.6 is 0 Å². The number of benzene rings is 2. The van der Waals surface area contributed by atoms with Gasteiger partial charge in [-0.15, -0.1) is 5.10 Å². The topological polar surface area (TPSA) is 86.0 Å². The van der Waals surface area contributed by atoms with Crippen LogP contribution in [0.3, 0.4) is 0 Å². The summed E-state index contributed by atoms with van der Waals surface area (Å²) in [5.41, 5.74) is -5.13. The van der Waals surface area contributed by atoms with Crippen molar-refractivity contribution in [2.75, 3.05) is 6.61 Å². The molecule has 0 aliphatic rings. The second-order valence-corrected chi connectivity index (χ2v) is 8.36. The third-order valence-corrected chi connectivity index (χ3v) is 5.77. The van der Waals surface area contributed by atoms with Gasteiger partial charge in [0.25, 0.3) is 0 Å². The lowest BCUT2D eigenvalue weighted by Gasteiger charge is -2.39. The molecule has 37 heavy (non-hydrogen) atoms. The highest BCUT2D eigenvalue weighted by molar-refractivity contribution is 5.63. The van der Waals surface area contributed by atoms with Gasteiger partial charge in [0.05, 0.1) is 12.2 Å². The molecule has 13 heteroatoms. The van der Waals surface area contributed by atoms with E-state index in [1.54, 1.807) is 0 Å². The Balaban J connectivity index is 1.64. The number of pyridine rings is 1. The maximum Gasteiger partial charge on any atom is 0.422 e. The second kappa shape index (κ2) is 9.81. The Morgan fingerprint density at radius 2 is 1.65 bits per heavy atom. The fraction of sp³-hybridized carbons (Fsp3) is 0.250. The number of aliphatic hydroxyl groups is 1. The van der Waals surface area contributed by atoms with Crippen LogP contribution in [0, 0.1) is 11.6 Å². The van der Waals surface area contributed by atoms with Crippen molar-refractivity contribution in [2.45, 2.75) is 30.9 Å². The number of ether oxygens (including phenoxy) is 1. The van der Waals surface area contributed by atoms with Crippen molar-refractivity contribution >= 4 is 0 Å². The van der Waals surface area contributed by atoms with Crippen molar-refractivity contribution in [3.05, 3.63) is 90.0 Å². The average Bonchev–Trinajstić information content (AvgIpc) is 3.35. The third kappa shape index (κ3) is 5.56. The summed E-state index contributed by atoms with van der Waals surface area (Å²) in [6.07, 6.45) is -2.08. The van der Waals surface area contributed by atoms with Crippen molar-refractivity contribution in [3.63, 3.8) is 0 Å². The van der Waals surface area contributed by atoms with E-state index in [1.807, 2.05) is 0 Å². The highest BCUT2D eigenvalue weighted by Gasteiger charge is 2.53. The number of rotatable bonds is 8. The maximum atomic E-state index is 16.4. The molecule has 0 fully saturated rings. The summed E-state index contributed by atoms with van der Waals surface area (Å²) in [7, 11) is 0. The molecular weight excluding hydrogens is 504 g/mol. The van der Waals surface area contributed by atoms with E-state index in [0.29, 0.717) is 17.2 Å². The van der Waals surface area contributed by atoms with E-state index in [1.165, 1.54) is 42.6 Å². The molecule has 0 amide bonds. The van der Waals surface area contributed by atoms with Crippen molar-refractivity contribution < 1.29 is 36.2 Å². The molecule has 1 unspecified atom stereocenters. The molecule has 1 N–H and O–H groups in total.